The number of piperazine rings is 1. The number of sulfonamides is 1. The van der Waals surface area contributed by atoms with Gasteiger partial charge in [-0.15, -0.1) is 0 Å². The van der Waals surface area contributed by atoms with Gasteiger partial charge in [-0.1, -0.05) is 18.2 Å². The van der Waals surface area contributed by atoms with Crippen LogP contribution in [-0.4, -0.2) is 62.1 Å². The molecule has 2 heterocycles. The van der Waals surface area contributed by atoms with Gasteiger partial charge in [0.05, 0.1) is 22.7 Å². The molecule has 230 valence electrons. The van der Waals surface area contributed by atoms with E-state index in [1.54, 1.807) is 51.1 Å². The van der Waals surface area contributed by atoms with Gasteiger partial charge in [0.25, 0.3) is 0 Å². The van der Waals surface area contributed by atoms with Crippen LogP contribution in [0.3, 0.4) is 0 Å². The monoisotopic (exact) mass is 621 g/mol. The van der Waals surface area contributed by atoms with Crippen LogP contribution >= 0.6 is 0 Å². The van der Waals surface area contributed by atoms with Gasteiger partial charge in [0.15, 0.2) is 5.82 Å². The number of anilines is 5. The summed E-state index contributed by atoms with van der Waals surface area (Å²) in [7, 11) is -1.83. The number of hydrogen-bond donors (Lipinski definition) is 3. The Morgan fingerprint density at radius 2 is 1.53 bits per heavy atom. The lowest BCUT2D eigenvalue weighted by Crippen LogP contribution is -2.44. The highest BCUT2D eigenvalue weighted by Gasteiger charge is 2.24. The summed E-state index contributed by atoms with van der Waals surface area (Å²) in [6, 6.07) is 24.0. The van der Waals surface area contributed by atoms with Crippen LogP contribution in [0, 0.1) is 22.7 Å². The highest BCUT2D eigenvalue weighted by Crippen LogP contribution is 2.32. The summed E-state index contributed by atoms with van der Waals surface area (Å²) in [5.74, 6) is 0.457. The van der Waals surface area contributed by atoms with E-state index in [9.17, 15) is 18.9 Å². The summed E-state index contributed by atoms with van der Waals surface area (Å²) in [6.07, 6.45) is 1.41. The molecule has 0 bridgehead atoms. The first-order chi connectivity index (χ1) is 21.4. The molecule has 0 spiro atoms. The molecule has 12 heteroatoms. The van der Waals surface area contributed by atoms with Crippen LogP contribution < -0.4 is 20.3 Å². The van der Waals surface area contributed by atoms with Crippen LogP contribution in [0.5, 0.6) is 0 Å². The lowest BCUT2D eigenvalue weighted by molar-refractivity contribution is 0.313. The Balaban J connectivity index is 1.47. The fourth-order valence-corrected chi connectivity index (χ4v) is 6.47. The topological polar surface area (TPSA) is 150 Å². The summed E-state index contributed by atoms with van der Waals surface area (Å²) in [5.41, 5.74) is 3.21. The van der Waals surface area contributed by atoms with Crippen molar-refractivity contribution in [3.63, 3.8) is 0 Å². The molecule has 45 heavy (non-hydrogen) atoms. The zero-order chi connectivity index (χ0) is 32.2. The van der Waals surface area contributed by atoms with Gasteiger partial charge in [0.2, 0.25) is 16.0 Å². The van der Waals surface area contributed by atoms with Crippen molar-refractivity contribution in [1.29, 1.82) is 10.5 Å². The Hall–Kier alpha value is -5.01. The first-order valence-electron chi connectivity index (χ1n) is 14.5. The predicted molar refractivity (Wildman–Crippen MR) is 176 cm³/mol. The molecule has 0 aliphatic carbocycles. The predicted octanol–water partition coefficient (Wildman–Crippen LogP) is 5.20. The molecule has 0 saturated carbocycles. The molecule has 0 radical (unpaired) electrons. The standard InChI is InChI=1S/C33H35N9O2S/c1-33(2,3)40-45(43,44)29-18-24(30-8-6-5-7-23(30)20-34)17-27(19-29)37-31-25(21-35)22-36-32(39-31)38-26-9-11-28(12-10-26)42-15-13-41(4)14-16-42/h5-12,17-19,22,40H,13-16H2,1-4H3,(H2,36,37,38,39). The van der Waals surface area contributed by atoms with Gasteiger partial charge < -0.3 is 20.4 Å². The molecule has 0 amide bonds. The fraction of sp³-hybridized carbons (Fsp3) is 0.273. The van der Waals surface area contributed by atoms with Crippen LogP contribution in [0.2, 0.25) is 0 Å². The van der Waals surface area contributed by atoms with Gasteiger partial charge in [-0.25, -0.2) is 18.1 Å². The van der Waals surface area contributed by atoms with Gasteiger partial charge in [0, 0.05) is 48.8 Å². The number of hydrogen-bond acceptors (Lipinski definition) is 10. The number of nitriles is 2. The number of benzene rings is 3. The summed E-state index contributed by atoms with van der Waals surface area (Å²) in [6.45, 7) is 9.24. The van der Waals surface area contributed by atoms with Crippen molar-refractivity contribution in [2.45, 2.75) is 31.2 Å². The lowest BCUT2D eigenvalue weighted by Gasteiger charge is -2.34. The molecule has 1 saturated heterocycles. The zero-order valence-electron chi connectivity index (χ0n) is 25.7. The average molecular weight is 622 g/mol. The maximum absolute atomic E-state index is 13.4. The minimum absolute atomic E-state index is 0.00322. The highest BCUT2D eigenvalue weighted by atomic mass is 32.2. The maximum atomic E-state index is 13.4. The maximum Gasteiger partial charge on any atom is 0.241 e. The molecular weight excluding hydrogens is 586 g/mol. The van der Waals surface area contributed by atoms with Crippen LogP contribution in [0.1, 0.15) is 31.9 Å². The first-order valence-corrected chi connectivity index (χ1v) is 16.0. The first kappa shape index (κ1) is 31.4. The van der Waals surface area contributed by atoms with E-state index in [-0.39, 0.29) is 22.2 Å². The molecule has 3 N–H and O–H groups in total. The number of nitrogens with zero attached hydrogens (tertiary/aromatic N) is 6. The zero-order valence-corrected chi connectivity index (χ0v) is 26.5. The molecule has 0 atom stereocenters. The molecule has 11 nitrogen and oxygen atoms in total. The third-order valence-corrected chi connectivity index (χ3v) is 8.92. The van der Waals surface area contributed by atoms with E-state index in [2.05, 4.69) is 66.4 Å². The number of likely N-dealkylation sites (N-methyl/N-ethyl adjacent to an activating group) is 1. The van der Waals surface area contributed by atoms with E-state index in [1.165, 1.54) is 18.3 Å². The summed E-state index contributed by atoms with van der Waals surface area (Å²) >= 11 is 0. The van der Waals surface area contributed by atoms with Gasteiger partial charge >= 0.3 is 0 Å². The van der Waals surface area contributed by atoms with Gasteiger partial charge in [-0.2, -0.15) is 15.5 Å². The van der Waals surface area contributed by atoms with Crippen LogP contribution in [0.15, 0.2) is 77.8 Å². The van der Waals surface area contributed by atoms with E-state index in [4.69, 9.17) is 0 Å². The van der Waals surface area contributed by atoms with Crippen LogP contribution in [-0.2, 0) is 10.0 Å². The van der Waals surface area contributed by atoms with Crippen molar-refractivity contribution in [1.82, 2.24) is 19.6 Å². The molecule has 1 aliphatic rings. The molecule has 5 rings (SSSR count). The minimum Gasteiger partial charge on any atom is -0.369 e. The molecule has 4 aromatic rings. The van der Waals surface area contributed by atoms with Gasteiger partial charge in [0.1, 0.15) is 11.6 Å². The van der Waals surface area contributed by atoms with E-state index < -0.39 is 15.6 Å². The summed E-state index contributed by atoms with van der Waals surface area (Å²) in [5, 5.41) is 25.9. The quantitative estimate of drug-likeness (QED) is 0.239. The van der Waals surface area contributed by atoms with E-state index >= 15 is 0 Å². The Labute approximate surface area is 264 Å². The van der Waals surface area contributed by atoms with Crippen LogP contribution in [0.25, 0.3) is 11.1 Å². The van der Waals surface area contributed by atoms with E-state index in [0.29, 0.717) is 22.4 Å². The van der Waals surface area contributed by atoms with Crippen molar-refractivity contribution in [2.24, 2.45) is 0 Å². The van der Waals surface area contributed by atoms with Gasteiger partial charge in [-0.05, 0) is 87.5 Å². The van der Waals surface area contributed by atoms with Gasteiger partial charge in [-0.3, -0.25) is 0 Å². The Kier molecular flexibility index (Phi) is 9.02. The second-order valence-electron chi connectivity index (χ2n) is 11.9. The summed E-state index contributed by atoms with van der Waals surface area (Å²) < 4.78 is 29.5. The second-order valence-corrected chi connectivity index (χ2v) is 13.6. The van der Waals surface area contributed by atoms with Crippen molar-refractivity contribution in [3.05, 3.63) is 84.1 Å². The smallest absolute Gasteiger partial charge is 0.241 e. The van der Waals surface area contributed by atoms with Crippen molar-refractivity contribution in [3.8, 4) is 23.3 Å². The SMILES string of the molecule is CN1CCN(c2ccc(Nc3ncc(C#N)c(Nc4cc(-c5ccccc5C#N)cc(S(=O)(=O)NC(C)(C)C)c4)n3)cc2)CC1. The molecule has 1 aliphatic heterocycles. The molecule has 1 fully saturated rings. The fourth-order valence-electron chi connectivity index (χ4n) is 4.98. The molecular formula is C33H35N9O2S. The Morgan fingerprint density at radius 1 is 0.844 bits per heavy atom. The summed E-state index contributed by atoms with van der Waals surface area (Å²) in [4.78, 5) is 13.5. The number of rotatable bonds is 8. The Morgan fingerprint density at radius 3 is 2.20 bits per heavy atom. The average Bonchev–Trinajstić information content (AvgIpc) is 3.01. The lowest BCUT2D eigenvalue weighted by atomic mass is 10.00. The molecule has 0 unspecified atom stereocenters. The molecule has 3 aromatic carbocycles. The molecule has 1 aromatic heterocycles. The third kappa shape index (κ3) is 7.75. The second kappa shape index (κ2) is 12.9. The normalized spacial score (nSPS) is 14.0. The van der Waals surface area contributed by atoms with Crippen molar-refractivity contribution >= 4 is 38.9 Å². The van der Waals surface area contributed by atoms with E-state index in [1.807, 2.05) is 12.1 Å². The number of nitrogens with one attached hydrogen (secondary N) is 3. The number of aromatic nitrogens is 2. The Bertz CT molecular complexity index is 1880. The minimum atomic E-state index is -3.95. The van der Waals surface area contributed by atoms with Crippen LogP contribution in [0.4, 0.5) is 28.8 Å². The van der Waals surface area contributed by atoms with Crippen molar-refractivity contribution < 1.29 is 8.42 Å². The third-order valence-electron chi connectivity index (χ3n) is 7.18. The largest absolute Gasteiger partial charge is 0.369 e. The highest BCUT2D eigenvalue weighted by molar-refractivity contribution is 7.89. The van der Waals surface area contributed by atoms with Crippen molar-refractivity contribution in [2.75, 3.05) is 48.8 Å². The van der Waals surface area contributed by atoms with E-state index in [0.717, 1.165) is 37.6 Å².